The SMILES string of the molecule is CC(C)(C)C(=O)Nc1ccc(C(=O)NCc2ccc(Cl)cc2)cn1. The van der Waals surface area contributed by atoms with Gasteiger partial charge in [-0.05, 0) is 29.8 Å². The number of hydrogen-bond acceptors (Lipinski definition) is 3. The first kappa shape index (κ1) is 17.9. The van der Waals surface area contributed by atoms with Gasteiger partial charge in [0.15, 0.2) is 0 Å². The van der Waals surface area contributed by atoms with Crippen LogP contribution < -0.4 is 10.6 Å². The van der Waals surface area contributed by atoms with Crippen LogP contribution >= 0.6 is 11.6 Å². The van der Waals surface area contributed by atoms with E-state index in [1.807, 2.05) is 32.9 Å². The lowest BCUT2D eigenvalue weighted by molar-refractivity contribution is -0.123. The van der Waals surface area contributed by atoms with Crippen molar-refractivity contribution >= 4 is 29.2 Å². The number of hydrogen-bond donors (Lipinski definition) is 2. The average molecular weight is 346 g/mol. The zero-order chi connectivity index (χ0) is 17.7. The van der Waals surface area contributed by atoms with E-state index in [0.717, 1.165) is 5.56 Å². The van der Waals surface area contributed by atoms with Crippen molar-refractivity contribution in [2.24, 2.45) is 5.41 Å². The van der Waals surface area contributed by atoms with Crippen LogP contribution in [0.5, 0.6) is 0 Å². The molecule has 1 heterocycles. The molecule has 0 aliphatic rings. The number of nitrogens with one attached hydrogen (secondary N) is 2. The summed E-state index contributed by atoms with van der Waals surface area (Å²) in [5.74, 6) is 0.0604. The van der Waals surface area contributed by atoms with E-state index in [9.17, 15) is 9.59 Å². The fourth-order valence-corrected chi connectivity index (χ4v) is 1.92. The first-order valence-corrected chi connectivity index (χ1v) is 7.93. The van der Waals surface area contributed by atoms with Crippen LogP contribution in [0.3, 0.4) is 0 Å². The molecule has 24 heavy (non-hydrogen) atoms. The maximum atomic E-state index is 12.1. The summed E-state index contributed by atoms with van der Waals surface area (Å²) in [4.78, 5) is 28.1. The molecule has 6 heteroatoms. The van der Waals surface area contributed by atoms with Gasteiger partial charge in [-0.3, -0.25) is 9.59 Å². The number of benzene rings is 1. The van der Waals surface area contributed by atoms with E-state index >= 15 is 0 Å². The predicted octanol–water partition coefficient (Wildman–Crippen LogP) is 3.65. The summed E-state index contributed by atoms with van der Waals surface area (Å²) < 4.78 is 0. The summed E-state index contributed by atoms with van der Waals surface area (Å²) in [6.07, 6.45) is 1.44. The van der Waals surface area contributed by atoms with Gasteiger partial charge in [0.05, 0.1) is 5.56 Å². The molecule has 2 rings (SSSR count). The predicted molar refractivity (Wildman–Crippen MR) is 94.9 cm³/mol. The molecule has 5 nitrogen and oxygen atoms in total. The van der Waals surface area contributed by atoms with Crippen molar-refractivity contribution in [2.75, 3.05) is 5.32 Å². The van der Waals surface area contributed by atoms with Gasteiger partial charge < -0.3 is 10.6 Å². The number of aromatic nitrogens is 1. The summed E-state index contributed by atoms with van der Waals surface area (Å²) in [5, 5.41) is 6.18. The molecular weight excluding hydrogens is 326 g/mol. The molecule has 0 aliphatic carbocycles. The first-order chi connectivity index (χ1) is 11.3. The quantitative estimate of drug-likeness (QED) is 0.888. The van der Waals surface area contributed by atoms with Crippen molar-refractivity contribution in [3.63, 3.8) is 0 Å². The van der Waals surface area contributed by atoms with Crippen molar-refractivity contribution in [2.45, 2.75) is 27.3 Å². The molecule has 0 fully saturated rings. The van der Waals surface area contributed by atoms with Gasteiger partial charge in [0.2, 0.25) is 5.91 Å². The third-order valence-corrected chi connectivity index (χ3v) is 3.57. The van der Waals surface area contributed by atoms with Crippen molar-refractivity contribution in [1.29, 1.82) is 0 Å². The molecule has 0 radical (unpaired) electrons. The fourth-order valence-electron chi connectivity index (χ4n) is 1.79. The third kappa shape index (κ3) is 5.06. The van der Waals surface area contributed by atoms with Crippen molar-refractivity contribution < 1.29 is 9.59 Å². The topological polar surface area (TPSA) is 71.1 Å². The maximum absolute atomic E-state index is 12.1. The van der Waals surface area contributed by atoms with E-state index < -0.39 is 5.41 Å². The Morgan fingerprint density at radius 2 is 1.75 bits per heavy atom. The second kappa shape index (κ2) is 7.45. The van der Waals surface area contributed by atoms with Crippen molar-refractivity contribution in [3.8, 4) is 0 Å². The molecule has 2 amide bonds. The Labute approximate surface area is 146 Å². The molecule has 1 aromatic carbocycles. The van der Waals surface area contributed by atoms with Crippen LogP contribution in [-0.2, 0) is 11.3 Å². The monoisotopic (exact) mass is 345 g/mol. The van der Waals surface area contributed by atoms with Gasteiger partial charge in [-0.15, -0.1) is 0 Å². The minimum Gasteiger partial charge on any atom is -0.348 e. The number of nitrogens with zero attached hydrogens (tertiary/aromatic N) is 1. The van der Waals surface area contributed by atoms with Crippen LogP contribution in [0.15, 0.2) is 42.6 Å². The molecule has 0 unspecified atom stereocenters. The molecule has 0 saturated carbocycles. The standard InChI is InChI=1S/C18H20ClN3O2/c1-18(2,3)17(24)22-15-9-6-13(11-20-15)16(23)21-10-12-4-7-14(19)8-5-12/h4-9,11H,10H2,1-3H3,(H,21,23)(H,20,22,24). The molecule has 0 bridgehead atoms. The first-order valence-electron chi connectivity index (χ1n) is 7.56. The van der Waals surface area contributed by atoms with E-state index in [0.29, 0.717) is 22.9 Å². The highest BCUT2D eigenvalue weighted by molar-refractivity contribution is 6.30. The highest BCUT2D eigenvalue weighted by atomic mass is 35.5. The number of anilines is 1. The summed E-state index contributed by atoms with van der Waals surface area (Å²) in [7, 11) is 0. The Morgan fingerprint density at radius 1 is 1.08 bits per heavy atom. The maximum Gasteiger partial charge on any atom is 0.253 e. The molecule has 0 spiro atoms. The number of amides is 2. The Bertz CT molecular complexity index is 719. The van der Waals surface area contributed by atoms with Gasteiger partial charge in [0, 0.05) is 23.2 Å². The Balaban J connectivity index is 1.93. The van der Waals surface area contributed by atoms with Crippen LogP contribution in [0.2, 0.25) is 5.02 Å². The van der Waals surface area contributed by atoms with Crippen molar-refractivity contribution in [3.05, 3.63) is 58.7 Å². The minimum absolute atomic E-state index is 0.130. The molecule has 2 N–H and O–H groups in total. The van der Waals surface area contributed by atoms with E-state index in [4.69, 9.17) is 11.6 Å². The number of pyridine rings is 1. The van der Waals surface area contributed by atoms with Crippen LogP contribution in [0.25, 0.3) is 0 Å². The lowest BCUT2D eigenvalue weighted by atomic mass is 9.96. The number of carbonyl (C=O) groups excluding carboxylic acids is 2. The highest BCUT2D eigenvalue weighted by Crippen LogP contribution is 2.16. The highest BCUT2D eigenvalue weighted by Gasteiger charge is 2.21. The summed E-state index contributed by atoms with van der Waals surface area (Å²) in [6, 6.07) is 10.5. The third-order valence-electron chi connectivity index (χ3n) is 3.31. The molecule has 126 valence electrons. The Morgan fingerprint density at radius 3 is 2.29 bits per heavy atom. The second-order valence-electron chi connectivity index (χ2n) is 6.45. The summed E-state index contributed by atoms with van der Waals surface area (Å²) in [5.41, 5.74) is 0.878. The molecular formula is C18H20ClN3O2. The minimum atomic E-state index is -0.504. The smallest absolute Gasteiger partial charge is 0.253 e. The zero-order valence-corrected chi connectivity index (χ0v) is 14.6. The van der Waals surface area contributed by atoms with Gasteiger partial charge >= 0.3 is 0 Å². The molecule has 0 atom stereocenters. The normalized spacial score (nSPS) is 11.0. The van der Waals surface area contributed by atoms with Gasteiger partial charge in [0.25, 0.3) is 5.91 Å². The molecule has 0 saturated heterocycles. The van der Waals surface area contributed by atoms with Crippen LogP contribution in [-0.4, -0.2) is 16.8 Å². The fraction of sp³-hybridized carbons (Fsp3) is 0.278. The summed E-state index contributed by atoms with van der Waals surface area (Å²) >= 11 is 5.82. The second-order valence-corrected chi connectivity index (χ2v) is 6.88. The van der Waals surface area contributed by atoms with E-state index in [1.54, 1.807) is 24.3 Å². The average Bonchev–Trinajstić information content (AvgIpc) is 2.54. The van der Waals surface area contributed by atoms with Crippen LogP contribution in [0.4, 0.5) is 5.82 Å². The van der Waals surface area contributed by atoms with Gasteiger partial charge in [-0.1, -0.05) is 44.5 Å². The number of halogens is 1. The van der Waals surface area contributed by atoms with Gasteiger partial charge in [-0.2, -0.15) is 0 Å². The lowest BCUT2D eigenvalue weighted by Crippen LogP contribution is -2.28. The zero-order valence-electron chi connectivity index (χ0n) is 13.9. The van der Waals surface area contributed by atoms with E-state index in [-0.39, 0.29) is 11.8 Å². The number of carbonyl (C=O) groups is 2. The lowest BCUT2D eigenvalue weighted by Gasteiger charge is -2.17. The van der Waals surface area contributed by atoms with Gasteiger partial charge in [-0.25, -0.2) is 4.98 Å². The molecule has 0 aliphatic heterocycles. The van der Waals surface area contributed by atoms with E-state index in [1.165, 1.54) is 6.20 Å². The number of rotatable bonds is 4. The molecule has 1 aromatic heterocycles. The van der Waals surface area contributed by atoms with Gasteiger partial charge in [0.1, 0.15) is 5.82 Å². The van der Waals surface area contributed by atoms with Crippen LogP contribution in [0, 0.1) is 5.41 Å². The molecule has 2 aromatic rings. The Hall–Kier alpha value is -2.40. The van der Waals surface area contributed by atoms with E-state index in [2.05, 4.69) is 15.6 Å². The van der Waals surface area contributed by atoms with Crippen LogP contribution in [0.1, 0.15) is 36.7 Å². The summed E-state index contributed by atoms with van der Waals surface area (Å²) in [6.45, 7) is 5.86. The van der Waals surface area contributed by atoms with Crippen molar-refractivity contribution in [1.82, 2.24) is 10.3 Å². The largest absolute Gasteiger partial charge is 0.348 e. The Kier molecular flexibility index (Phi) is 5.57.